The van der Waals surface area contributed by atoms with E-state index in [1.54, 1.807) is 0 Å². The highest BCUT2D eigenvalue weighted by atomic mass is 31.2. The lowest BCUT2D eigenvalue weighted by atomic mass is 9.67. The zero-order valence-electron chi connectivity index (χ0n) is 33.6. The molecule has 2 aliphatic rings. The summed E-state index contributed by atoms with van der Waals surface area (Å²) < 4.78 is 17.0. The van der Waals surface area contributed by atoms with Gasteiger partial charge in [-0.25, -0.2) is 4.85 Å². The maximum atomic E-state index is 17.0. The quantitative estimate of drug-likeness (QED) is 0.119. The molecular formula is C58H37N2OP. The molecule has 11 rings (SSSR count). The molecule has 9 aromatic carbocycles. The van der Waals surface area contributed by atoms with E-state index >= 15 is 4.57 Å². The van der Waals surface area contributed by atoms with E-state index in [9.17, 15) is 5.26 Å². The predicted molar refractivity (Wildman–Crippen MR) is 251 cm³/mol. The summed E-state index contributed by atoms with van der Waals surface area (Å²) in [4.78, 5) is 3.90. The molecule has 1 unspecified atom stereocenters. The predicted octanol–water partition coefficient (Wildman–Crippen LogP) is 12.5. The van der Waals surface area contributed by atoms with Crippen molar-refractivity contribution in [2.24, 2.45) is 0 Å². The Bertz CT molecular complexity index is 3050. The van der Waals surface area contributed by atoms with Crippen molar-refractivity contribution in [2.75, 3.05) is 0 Å². The molecule has 0 amide bonds. The van der Waals surface area contributed by atoms with E-state index in [0.29, 0.717) is 11.3 Å². The Balaban J connectivity index is 1.22. The Hall–Kier alpha value is -7.81. The molecule has 4 heteroatoms. The van der Waals surface area contributed by atoms with Crippen LogP contribution in [0.25, 0.3) is 27.1 Å². The molecule has 0 saturated carbocycles. The third-order valence-corrected chi connectivity index (χ3v) is 16.2. The van der Waals surface area contributed by atoms with Crippen molar-refractivity contribution >= 4 is 28.7 Å². The lowest BCUT2D eigenvalue weighted by molar-refractivity contribution is 0.592. The molecule has 0 aliphatic heterocycles. The summed E-state index contributed by atoms with van der Waals surface area (Å²) in [6.07, 6.45) is 0. The second-order valence-electron chi connectivity index (χ2n) is 16.1. The molecule has 0 saturated heterocycles. The van der Waals surface area contributed by atoms with E-state index in [4.69, 9.17) is 6.57 Å². The Morgan fingerprint density at radius 1 is 0.403 bits per heavy atom. The lowest BCUT2D eigenvalue weighted by Gasteiger charge is -2.35. The van der Waals surface area contributed by atoms with Crippen LogP contribution < -0.4 is 15.9 Å². The summed E-state index contributed by atoms with van der Waals surface area (Å²) in [6, 6.07) is 79.2. The zero-order valence-corrected chi connectivity index (χ0v) is 34.5. The number of hydrogen-bond donors (Lipinski definition) is 0. The van der Waals surface area contributed by atoms with Crippen LogP contribution in [0.4, 0.5) is 5.69 Å². The van der Waals surface area contributed by atoms with E-state index in [1.807, 2.05) is 78.9 Å². The van der Waals surface area contributed by atoms with Crippen LogP contribution in [0.3, 0.4) is 0 Å². The van der Waals surface area contributed by atoms with Crippen LogP contribution in [0.2, 0.25) is 0 Å². The molecule has 0 radical (unpaired) electrons. The Morgan fingerprint density at radius 3 is 1.16 bits per heavy atom. The van der Waals surface area contributed by atoms with Gasteiger partial charge in [0.15, 0.2) is 12.8 Å². The molecule has 62 heavy (non-hydrogen) atoms. The first-order chi connectivity index (χ1) is 30.5. The fraction of sp³-hybridized carbons (Fsp3) is 0.0345. The van der Waals surface area contributed by atoms with E-state index < -0.39 is 18.0 Å². The molecule has 0 aromatic heterocycles. The molecule has 2 aliphatic carbocycles. The van der Waals surface area contributed by atoms with Crippen LogP contribution in [0.15, 0.2) is 224 Å². The van der Waals surface area contributed by atoms with Crippen molar-refractivity contribution in [1.82, 2.24) is 0 Å². The van der Waals surface area contributed by atoms with Gasteiger partial charge in [0.1, 0.15) is 0 Å². The first kappa shape index (κ1) is 37.2. The van der Waals surface area contributed by atoms with Gasteiger partial charge < -0.3 is 4.57 Å². The van der Waals surface area contributed by atoms with Gasteiger partial charge in [0.05, 0.1) is 29.0 Å². The third kappa shape index (κ3) is 5.20. The standard InChI is InChI=1S/C58H37N2OP/c1-60-45-28-32-50-52-34-30-48(38-56(52)58(54(50)36-45,43-21-11-4-12-22-43)44-23-13-5-14-24-44)62(61,46-25-15-6-16-26-46)47-29-33-51-49-31-27-40(39-59)35-53(49)57(55(51)37-47,41-17-7-2-8-18-41)42-19-9-3-10-20-42/h2-38H. The number of hydrogen-bond acceptors (Lipinski definition) is 2. The highest BCUT2D eigenvalue weighted by Gasteiger charge is 2.49. The fourth-order valence-electron chi connectivity index (χ4n) is 10.6. The molecule has 9 aromatic rings. The minimum atomic E-state index is -3.64. The first-order valence-electron chi connectivity index (χ1n) is 20.8. The molecular weight excluding hydrogens is 772 g/mol. The van der Waals surface area contributed by atoms with Gasteiger partial charge in [-0.3, -0.25) is 0 Å². The van der Waals surface area contributed by atoms with Gasteiger partial charge in [-0.15, -0.1) is 0 Å². The Labute approximate surface area is 362 Å². The lowest BCUT2D eigenvalue weighted by Crippen LogP contribution is -2.32. The highest BCUT2D eigenvalue weighted by molar-refractivity contribution is 7.85. The summed E-state index contributed by atoms with van der Waals surface area (Å²) in [7, 11) is -3.64. The maximum Gasteiger partial charge on any atom is 0.187 e. The summed E-state index contributed by atoms with van der Waals surface area (Å²) in [5, 5.41) is 12.4. The van der Waals surface area contributed by atoms with Crippen LogP contribution >= 0.6 is 7.14 Å². The smallest absolute Gasteiger partial charge is 0.187 e. The van der Waals surface area contributed by atoms with Gasteiger partial charge in [0, 0.05) is 15.9 Å². The number of nitrogens with zero attached hydrogens (tertiary/aromatic N) is 2. The van der Waals surface area contributed by atoms with Crippen molar-refractivity contribution in [3.8, 4) is 28.3 Å². The summed E-state index contributed by atoms with van der Waals surface area (Å²) in [5.74, 6) is 0. The van der Waals surface area contributed by atoms with Gasteiger partial charge in [-0.05, 0) is 91.0 Å². The topological polar surface area (TPSA) is 45.2 Å². The van der Waals surface area contributed by atoms with Gasteiger partial charge in [0.25, 0.3) is 0 Å². The average molecular weight is 809 g/mol. The van der Waals surface area contributed by atoms with Crippen LogP contribution in [0.1, 0.15) is 50.1 Å². The zero-order chi connectivity index (χ0) is 41.9. The van der Waals surface area contributed by atoms with E-state index in [-0.39, 0.29) is 0 Å². The molecule has 0 fully saturated rings. The maximum absolute atomic E-state index is 17.0. The molecule has 290 valence electrons. The van der Waals surface area contributed by atoms with Crippen molar-refractivity contribution in [3.63, 3.8) is 0 Å². The average Bonchev–Trinajstić information content (AvgIpc) is 3.81. The minimum Gasteiger partial charge on any atom is -0.309 e. The molecule has 0 heterocycles. The fourth-order valence-corrected chi connectivity index (χ4v) is 13.2. The van der Waals surface area contributed by atoms with Crippen LogP contribution in [0.5, 0.6) is 0 Å². The van der Waals surface area contributed by atoms with Crippen LogP contribution in [0, 0.1) is 17.9 Å². The van der Waals surface area contributed by atoms with E-state index in [0.717, 1.165) is 82.7 Å². The Morgan fingerprint density at radius 2 is 0.758 bits per heavy atom. The number of fused-ring (bicyclic) bond motifs is 6. The molecule has 1 atom stereocenters. The number of rotatable bonds is 7. The Kier molecular flexibility index (Phi) is 8.66. The van der Waals surface area contributed by atoms with Crippen LogP contribution in [-0.4, -0.2) is 0 Å². The largest absolute Gasteiger partial charge is 0.309 e. The normalized spacial score (nSPS) is 14.5. The van der Waals surface area contributed by atoms with Crippen molar-refractivity contribution < 1.29 is 4.57 Å². The molecule has 3 nitrogen and oxygen atoms in total. The third-order valence-electron chi connectivity index (χ3n) is 13.2. The SMILES string of the molecule is [C-]#[N+]c1ccc2c(c1)C(c1ccccc1)(c1ccccc1)c1cc(P(=O)(c3ccccc3)c3ccc4c(c3)C(c3ccccc3)(c3ccccc3)c3cc(C#N)ccc3-4)ccc1-2. The molecule has 0 N–H and O–H groups in total. The molecule has 0 bridgehead atoms. The number of benzene rings is 9. The summed E-state index contributed by atoms with van der Waals surface area (Å²) in [5.41, 5.74) is 12.2. The van der Waals surface area contributed by atoms with Crippen molar-refractivity contribution in [3.05, 3.63) is 286 Å². The first-order valence-corrected chi connectivity index (χ1v) is 22.5. The van der Waals surface area contributed by atoms with E-state index in [2.05, 4.69) is 157 Å². The van der Waals surface area contributed by atoms with Gasteiger partial charge >= 0.3 is 0 Å². The van der Waals surface area contributed by atoms with Gasteiger partial charge in [0.2, 0.25) is 0 Å². The monoisotopic (exact) mass is 808 g/mol. The van der Waals surface area contributed by atoms with Crippen molar-refractivity contribution in [2.45, 2.75) is 10.8 Å². The second-order valence-corrected chi connectivity index (χ2v) is 18.9. The van der Waals surface area contributed by atoms with Crippen molar-refractivity contribution in [1.29, 1.82) is 5.26 Å². The second kappa shape index (κ2) is 14.4. The summed E-state index contributed by atoms with van der Waals surface area (Å²) in [6.45, 7) is 8.04. The highest BCUT2D eigenvalue weighted by Crippen LogP contribution is 2.60. The number of nitriles is 1. The molecule has 0 spiro atoms. The van der Waals surface area contributed by atoms with Gasteiger partial charge in [-0.1, -0.05) is 200 Å². The minimum absolute atomic E-state index is 0.573. The summed E-state index contributed by atoms with van der Waals surface area (Å²) >= 11 is 0. The van der Waals surface area contributed by atoms with Crippen LogP contribution in [-0.2, 0) is 15.4 Å². The van der Waals surface area contributed by atoms with E-state index in [1.165, 1.54) is 0 Å². The van der Waals surface area contributed by atoms with Gasteiger partial charge in [-0.2, -0.15) is 5.26 Å².